The molecule has 9 nitrogen and oxygen atoms in total. The summed E-state index contributed by atoms with van der Waals surface area (Å²) in [6.07, 6.45) is -1.53. The molecule has 3 heterocycles. The lowest BCUT2D eigenvalue weighted by Gasteiger charge is -2.23. The van der Waals surface area contributed by atoms with Crippen LogP contribution in [-0.2, 0) is 10.0 Å². The third-order valence-electron chi connectivity index (χ3n) is 5.48. The zero-order valence-corrected chi connectivity index (χ0v) is 21.8. The van der Waals surface area contributed by atoms with E-state index in [2.05, 4.69) is 25.6 Å². The van der Waals surface area contributed by atoms with Crippen LogP contribution in [0, 0.1) is 11.6 Å². The summed E-state index contributed by atoms with van der Waals surface area (Å²) in [6, 6.07) is 5.97. The van der Waals surface area contributed by atoms with Crippen LogP contribution in [0.25, 0.3) is 11.3 Å². The fraction of sp³-hybridized carbons (Fsp3) is 0.348. The number of halogens is 6. The molecular formula is C23H24ClF5N6O3S. The lowest BCUT2D eigenvalue weighted by molar-refractivity contribution is -0.129. The van der Waals surface area contributed by atoms with Gasteiger partial charge >= 0.3 is 6.18 Å². The van der Waals surface area contributed by atoms with Crippen molar-refractivity contribution in [2.24, 2.45) is 0 Å². The van der Waals surface area contributed by atoms with Crippen LogP contribution in [0.4, 0.5) is 33.6 Å². The minimum atomic E-state index is -4.73. The molecule has 39 heavy (non-hydrogen) atoms. The molecule has 0 saturated carbocycles. The maximum atomic E-state index is 14.7. The van der Waals surface area contributed by atoms with Gasteiger partial charge in [-0.1, -0.05) is 0 Å². The minimum absolute atomic E-state index is 0. The lowest BCUT2D eigenvalue weighted by atomic mass is 10.1. The maximum Gasteiger partial charge on any atom is 0.390 e. The number of anilines is 2. The highest BCUT2D eigenvalue weighted by Gasteiger charge is 2.30. The largest absolute Gasteiger partial charge is 0.435 e. The smallest absolute Gasteiger partial charge is 0.390 e. The molecular weight excluding hydrogens is 571 g/mol. The first-order chi connectivity index (χ1) is 18.0. The van der Waals surface area contributed by atoms with E-state index < -0.39 is 51.4 Å². The third kappa shape index (κ3) is 8.60. The number of sulfonamides is 1. The summed E-state index contributed by atoms with van der Waals surface area (Å²) in [5.41, 5.74) is -0.122. The highest BCUT2D eigenvalue weighted by Crippen LogP contribution is 2.34. The molecule has 0 spiro atoms. The zero-order chi connectivity index (χ0) is 27.3. The Bertz CT molecular complexity index is 1390. The highest BCUT2D eigenvalue weighted by atomic mass is 35.5. The van der Waals surface area contributed by atoms with Gasteiger partial charge in [0.1, 0.15) is 0 Å². The number of benzene rings is 1. The summed E-state index contributed by atoms with van der Waals surface area (Å²) in [7, 11) is -4.59. The van der Waals surface area contributed by atoms with Crippen molar-refractivity contribution in [1.82, 2.24) is 20.3 Å². The molecule has 3 N–H and O–H groups in total. The van der Waals surface area contributed by atoms with Crippen molar-refractivity contribution < 1.29 is 35.1 Å². The number of rotatable bonds is 9. The van der Waals surface area contributed by atoms with Crippen molar-refractivity contribution >= 4 is 34.1 Å². The van der Waals surface area contributed by atoms with Crippen molar-refractivity contribution in [2.45, 2.75) is 31.5 Å². The van der Waals surface area contributed by atoms with Gasteiger partial charge in [-0.2, -0.15) is 13.2 Å². The third-order valence-corrected chi connectivity index (χ3v) is 6.75. The van der Waals surface area contributed by atoms with Gasteiger partial charge < -0.3 is 15.4 Å². The number of pyridine rings is 1. The molecule has 212 valence electrons. The number of aromatic nitrogens is 3. The molecule has 0 unspecified atom stereocenters. The quantitative estimate of drug-likeness (QED) is 0.300. The van der Waals surface area contributed by atoms with Crippen LogP contribution in [0.15, 0.2) is 42.7 Å². The summed E-state index contributed by atoms with van der Waals surface area (Å²) in [6.45, 7) is 1.70. The highest BCUT2D eigenvalue weighted by molar-refractivity contribution is 7.92. The number of alkyl halides is 3. The molecule has 3 aromatic rings. The second-order valence-corrected chi connectivity index (χ2v) is 10.3. The number of ether oxygens (including phenoxy) is 1. The topological polar surface area (TPSA) is 118 Å². The molecule has 0 aliphatic carbocycles. The van der Waals surface area contributed by atoms with Crippen molar-refractivity contribution in [1.29, 1.82) is 0 Å². The van der Waals surface area contributed by atoms with Gasteiger partial charge in [-0.15, -0.1) is 12.4 Å². The Kier molecular flexibility index (Phi) is 9.85. The first-order valence-corrected chi connectivity index (χ1v) is 13.1. The molecule has 1 aliphatic rings. The normalized spacial score (nSPS) is 15.8. The molecule has 1 saturated heterocycles. The maximum absolute atomic E-state index is 14.7. The van der Waals surface area contributed by atoms with Crippen LogP contribution in [0.3, 0.4) is 0 Å². The van der Waals surface area contributed by atoms with Crippen LogP contribution in [-0.4, -0.2) is 54.4 Å². The predicted molar refractivity (Wildman–Crippen MR) is 137 cm³/mol. The number of nitrogens with zero attached hydrogens (tertiary/aromatic N) is 3. The van der Waals surface area contributed by atoms with E-state index in [0.717, 1.165) is 25.9 Å². The molecule has 4 rings (SSSR count). The summed E-state index contributed by atoms with van der Waals surface area (Å²) >= 11 is 0. The van der Waals surface area contributed by atoms with Gasteiger partial charge in [0.2, 0.25) is 21.9 Å². The average Bonchev–Trinajstić information content (AvgIpc) is 2.86. The van der Waals surface area contributed by atoms with Crippen LogP contribution >= 0.6 is 12.4 Å². The van der Waals surface area contributed by atoms with Crippen LogP contribution < -0.4 is 20.1 Å². The summed E-state index contributed by atoms with van der Waals surface area (Å²) < 4.78 is 97.3. The van der Waals surface area contributed by atoms with Gasteiger partial charge in [0.25, 0.3) is 0 Å². The van der Waals surface area contributed by atoms with E-state index in [1.807, 2.05) is 0 Å². The van der Waals surface area contributed by atoms with E-state index in [4.69, 9.17) is 4.74 Å². The Balaban J connectivity index is 0.00000420. The fourth-order valence-electron chi connectivity index (χ4n) is 3.66. The van der Waals surface area contributed by atoms with E-state index in [0.29, 0.717) is 29.3 Å². The van der Waals surface area contributed by atoms with E-state index in [9.17, 15) is 30.4 Å². The molecule has 1 atom stereocenters. The van der Waals surface area contributed by atoms with Crippen LogP contribution in [0.1, 0.15) is 19.3 Å². The number of nitrogens with one attached hydrogen (secondary N) is 3. The minimum Gasteiger partial charge on any atom is -0.435 e. The molecule has 1 aromatic carbocycles. The predicted octanol–water partition coefficient (Wildman–Crippen LogP) is 4.89. The van der Waals surface area contributed by atoms with Crippen molar-refractivity contribution in [3.8, 4) is 22.9 Å². The molecule has 1 fully saturated rings. The SMILES string of the molecule is Cl.O=S(=O)(CCC(F)(F)F)Nc1cc(F)c(Oc2ncccc2-c2ccnc(N[C@H]3CCCNC3)n2)cc1F. The Hall–Kier alpha value is -3.30. The summed E-state index contributed by atoms with van der Waals surface area (Å²) in [5.74, 6) is -4.16. The van der Waals surface area contributed by atoms with E-state index in [1.165, 1.54) is 12.4 Å². The second-order valence-electron chi connectivity index (χ2n) is 8.46. The Labute approximate surface area is 227 Å². The first kappa shape index (κ1) is 30.2. The van der Waals surface area contributed by atoms with Gasteiger partial charge in [-0.25, -0.2) is 32.2 Å². The number of hydrogen-bond donors (Lipinski definition) is 3. The van der Waals surface area contributed by atoms with Gasteiger partial charge in [0.15, 0.2) is 17.4 Å². The first-order valence-electron chi connectivity index (χ1n) is 11.5. The van der Waals surface area contributed by atoms with Gasteiger partial charge in [0.05, 0.1) is 29.1 Å². The second kappa shape index (κ2) is 12.7. The van der Waals surface area contributed by atoms with Gasteiger partial charge in [-0.05, 0) is 37.6 Å². The van der Waals surface area contributed by atoms with Crippen LogP contribution in [0.2, 0.25) is 0 Å². The van der Waals surface area contributed by atoms with Crippen molar-refractivity contribution in [3.05, 3.63) is 54.4 Å². The Morgan fingerprint density at radius 3 is 2.62 bits per heavy atom. The average molecular weight is 595 g/mol. The summed E-state index contributed by atoms with van der Waals surface area (Å²) in [4.78, 5) is 12.8. The standard InChI is InChI=1S/C23H23F5N6O3S.ClH/c24-16-12-20(17(25)11-19(16)34-38(35,36)10-6-23(26,27)28)37-21-15(4-2-8-30-21)18-5-9-31-22(33-18)32-14-3-1-7-29-13-14;/h2,4-5,8-9,11-12,14,29,34H,1,3,6-7,10,13H2,(H,31,32,33);1H/t14-;/m0./s1. The molecule has 1 aliphatic heterocycles. The van der Waals surface area contributed by atoms with Gasteiger partial charge in [-0.3, -0.25) is 4.72 Å². The molecule has 2 aromatic heterocycles. The Morgan fingerprint density at radius 2 is 1.90 bits per heavy atom. The van der Waals surface area contributed by atoms with E-state index >= 15 is 0 Å². The molecule has 0 bridgehead atoms. The van der Waals surface area contributed by atoms with E-state index in [-0.39, 0.29) is 24.3 Å². The zero-order valence-electron chi connectivity index (χ0n) is 20.1. The summed E-state index contributed by atoms with van der Waals surface area (Å²) in [5, 5.41) is 6.52. The molecule has 0 radical (unpaired) electrons. The fourth-order valence-corrected chi connectivity index (χ4v) is 4.75. The number of hydrogen-bond acceptors (Lipinski definition) is 8. The van der Waals surface area contributed by atoms with Crippen molar-refractivity contribution in [3.63, 3.8) is 0 Å². The number of piperidine rings is 1. The Morgan fingerprint density at radius 1 is 1.10 bits per heavy atom. The van der Waals surface area contributed by atoms with Crippen molar-refractivity contribution in [2.75, 3.05) is 28.9 Å². The monoisotopic (exact) mass is 594 g/mol. The van der Waals surface area contributed by atoms with Crippen LogP contribution in [0.5, 0.6) is 11.6 Å². The lowest BCUT2D eigenvalue weighted by Crippen LogP contribution is -2.38. The molecule has 0 amide bonds. The molecule has 16 heteroatoms. The van der Waals surface area contributed by atoms with E-state index in [1.54, 1.807) is 22.9 Å². The van der Waals surface area contributed by atoms with Gasteiger partial charge in [0, 0.05) is 37.1 Å².